The van der Waals surface area contributed by atoms with Crippen LogP contribution in [0.2, 0.25) is 0 Å². The maximum absolute atomic E-state index is 11.5. The van der Waals surface area contributed by atoms with E-state index in [0.29, 0.717) is 5.69 Å². The maximum Gasteiger partial charge on any atom is 0.419 e. The minimum absolute atomic E-state index is 0.350. The fourth-order valence-corrected chi connectivity index (χ4v) is 1.71. The van der Waals surface area contributed by atoms with Gasteiger partial charge in [-0.1, -0.05) is 18.2 Å². The van der Waals surface area contributed by atoms with Gasteiger partial charge in [-0.05, 0) is 31.5 Å². The fraction of sp³-hybridized carbons (Fsp3) is 0.333. The topological polar surface area (TPSA) is 67.4 Å². The monoisotopic (exact) mass is 234 g/mol. The summed E-state index contributed by atoms with van der Waals surface area (Å²) in [6, 6.07) is 8.51. The van der Waals surface area contributed by atoms with Gasteiger partial charge >= 0.3 is 12.1 Å². The number of ether oxygens (including phenoxy) is 1. The van der Waals surface area contributed by atoms with Crippen molar-refractivity contribution in [2.24, 2.45) is 0 Å². The van der Waals surface area contributed by atoms with Gasteiger partial charge in [0.15, 0.2) is 0 Å². The third kappa shape index (κ3) is 3.29. The first-order valence-electron chi connectivity index (χ1n) is 5.57. The summed E-state index contributed by atoms with van der Waals surface area (Å²) in [6.45, 7) is 0.792. The number of rotatable bonds is 2. The highest BCUT2D eigenvalue weighted by Gasteiger charge is 2.25. The second-order valence-corrected chi connectivity index (χ2v) is 3.85. The molecule has 1 saturated heterocycles. The SMILES string of the molecule is O=C(Nc1ccccc1)OC(=O)C1CCCN1. The Morgan fingerprint density at radius 2 is 2.06 bits per heavy atom. The van der Waals surface area contributed by atoms with Crippen LogP contribution in [-0.4, -0.2) is 24.6 Å². The van der Waals surface area contributed by atoms with Crippen LogP contribution in [0.5, 0.6) is 0 Å². The lowest BCUT2D eigenvalue weighted by Crippen LogP contribution is -2.34. The van der Waals surface area contributed by atoms with Crippen LogP contribution >= 0.6 is 0 Å². The van der Waals surface area contributed by atoms with Crippen LogP contribution in [0.1, 0.15) is 12.8 Å². The average molecular weight is 234 g/mol. The van der Waals surface area contributed by atoms with Crippen LogP contribution in [0.4, 0.5) is 10.5 Å². The Kier molecular flexibility index (Phi) is 3.72. The third-order valence-electron chi connectivity index (χ3n) is 2.56. The van der Waals surface area contributed by atoms with E-state index in [2.05, 4.69) is 15.4 Å². The molecule has 1 aliphatic heterocycles. The summed E-state index contributed by atoms with van der Waals surface area (Å²) in [7, 11) is 0. The molecular weight excluding hydrogens is 220 g/mol. The van der Waals surface area contributed by atoms with Crippen molar-refractivity contribution in [1.82, 2.24) is 5.32 Å². The van der Waals surface area contributed by atoms with E-state index < -0.39 is 12.1 Å². The number of esters is 1. The second-order valence-electron chi connectivity index (χ2n) is 3.85. The Bertz CT molecular complexity index is 399. The van der Waals surface area contributed by atoms with Gasteiger partial charge in [-0.25, -0.2) is 9.59 Å². The molecule has 2 N–H and O–H groups in total. The zero-order valence-corrected chi connectivity index (χ0v) is 9.31. The van der Waals surface area contributed by atoms with E-state index in [-0.39, 0.29) is 6.04 Å². The fourth-order valence-electron chi connectivity index (χ4n) is 1.71. The summed E-state index contributed by atoms with van der Waals surface area (Å²) < 4.78 is 4.69. The molecule has 1 atom stereocenters. The largest absolute Gasteiger partial charge is 0.419 e. The molecule has 90 valence electrons. The lowest BCUT2D eigenvalue weighted by molar-refractivity contribution is -0.138. The maximum atomic E-state index is 11.5. The number of anilines is 1. The van der Waals surface area contributed by atoms with E-state index >= 15 is 0 Å². The van der Waals surface area contributed by atoms with Gasteiger partial charge < -0.3 is 10.1 Å². The van der Waals surface area contributed by atoms with Crippen LogP contribution in [0.15, 0.2) is 30.3 Å². The summed E-state index contributed by atoms with van der Waals surface area (Å²) >= 11 is 0. The van der Waals surface area contributed by atoms with E-state index in [0.717, 1.165) is 19.4 Å². The Labute approximate surface area is 99.2 Å². The van der Waals surface area contributed by atoms with Gasteiger partial charge in [0.1, 0.15) is 6.04 Å². The van der Waals surface area contributed by atoms with Gasteiger partial charge in [0, 0.05) is 5.69 Å². The molecule has 1 amide bonds. The molecule has 0 radical (unpaired) electrons. The molecule has 1 aromatic carbocycles. The summed E-state index contributed by atoms with van der Waals surface area (Å²) in [4.78, 5) is 22.9. The summed E-state index contributed by atoms with van der Waals surface area (Å²) in [5.41, 5.74) is 0.602. The molecule has 0 aromatic heterocycles. The van der Waals surface area contributed by atoms with Gasteiger partial charge in [0.25, 0.3) is 0 Å². The van der Waals surface area contributed by atoms with Crippen LogP contribution in [-0.2, 0) is 9.53 Å². The van der Waals surface area contributed by atoms with Crippen molar-refractivity contribution in [2.75, 3.05) is 11.9 Å². The molecule has 0 aliphatic carbocycles. The quantitative estimate of drug-likeness (QED) is 0.601. The first-order chi connectivity index (χ1) is 8.25. The second kappa shape index (κ2) is 5.45. The molecule has 0 bridgehead atoms. The highest BCUT2D eigenvalue weighted by molar-refractivity contribution is 5.94. The zero-order chi connectivity index (χ0) is 12.1. The highest BCUT2D eigenvalue weighted by atomic mass is 16.6. The summed E-state index contributed by atoms with van der Waals surface area (Å²) in [5, 5.41) is 5.46. The molecule has 5 nitrogen and oxygen atoms in total. The summed E-state index contributed by atoms with van der Waals surface area (Å²) in [6.07, 6.45) is 0.909. The number of amides is 1. The van der Waals surface area contributed by atoms with Gasteiger partial charge in [-0.2, -0.15) is 0 Å². The number of carbonyl (C=O) groups excluding carboxylic acids is 2. The summed E-state index contributed by atoms with van der Waals surface area (Å²) in [5.74, 6) is -0.518. The van der Waals surface area contributed by atoms with E-state index in [9.17, 15) is 9.59 Å². The molecule has 1 fully saturated rings. The van der Waals surface area contributed by atoms with Crippen LogP contribution < -0.4 is 10.6 Å². The van der Waals surface area contributed by atoms with Crippen LogP contribution in [0.3, 0.4) is 0 Å². The number of hydrogen-bond donors (Lipinski definition) is 2. The predicted molar refractivity (Wildman–Crippen MR) is 62.6 cm³/mol. The molecule has 0 spiro atoms. The standard InChI is InChI=1S/C12H14N2O3/c15-11(10-7-4-8-13-10)17-12(16)14-9-5-2-1-3-6-9/h1-3,5-6,10,13H,4,7-8H2,(H,14,16). The number of para-hydroxylation sites is 1. The minimum atomic E-state index is -0.741. The molecule has 1 heterocycles. The Morgan fingerprint density at radius 3 is 2.71 bits per heavy atom. The van der Waals surface area contributed by atoms with Crippen molar-refractivity contribution >= 4 is 17.7 Å². The number of hydrogen-bond acceptors (Lipinski definition) is 4. The van der Waals surface area contributed by atoms with Crippen LogP contribution in [0.25, 0.3) is 0 Å². The molecular formula is C12H14N2O3. The average Bonchev–Trinajstić information content (AvgIpc) is 2.83. The van der Waals surface area contributed by atoms with Crippen molar-refractivity contribution in [3.63, 3.8) is 0 Å². The van der Waals surface area contributed by atoms with E-state index in [1.807, 2.05) is 6.07 Å². The third-order valence-corrected chi connectivity index (χ3v) is 2.56. The lowest BCUT2D eigenvalue weighted by atomic mass is 10.2. The van der Waals surface area contributed by atoms with E-state index in [4.69, 9.17) is 0 Å². The molecule has 2 rings (SSSR count). The predicted octanol–water partition coefficient (Wildman–Crippen LogP) is 1.51. The number of nitrogens with one attached hydrogen (secondary N) is 2. The molecule has 1 aromatic rings. The Morgan fingerprint density at radius 1 is 1.29 bits per heavy atom. The zero-order valence-electron chi connectivity index (χ0n) is 9.31. The molecule has 0 saturated carbocycles. The van der Waals surface area contributed by atoms with Gasteiger partial charge in [0.2, 0.25) is 0 Å². The number of benzene rings is 1. The van der Waals surface area contributed by atoms with Crippen molar-refractivity contribution in [2.45, 2.75) is 18.9 Å². The Hall–Kier alpha value is -1.88. The first kappa shape index (κ1) is 11.6. The Balaban J connectivity index is 1.83. The number of carbonyl (C=O) groups is 2. The first-order valence-corrected chi connectivity index (χ1v) is 5.57. The van der Waals surface area contributed by atoms with Gasteiger partial charge in [0.05, 0.1) is 0 Å². The molecule has 5 heteroatoms. The molecule has 1 aliphatic rings. The van der Waals surface area contributed by atoms with Crippen LogP contribution in [0, 0.1) is 0 Å². The van der Waals surface area contributed by atoms with Crippen molar-refractivity contribution in [3.8, 4) is 0 Å². The van der Waals surface area contributed by atoms with Gasteiger partial charge in [-0.3, -0.25) is 5.32 Å². The highest BCUT2D eigenvalue weighted by Crippen LogP contribution is 2.09. The van der Waals surface area contributed by atoms with E-state index in [1.165, 1.54) is 0 Å². The lowest BCUT2D eigenvalue weighted by Gasteiger charge is -2.09. The molecule has 1 unspecified atom stereocenters. The van der Waals surface area contributed by atoms with Gasteiger partial charge in [-0.15, -0.1) is 0 Å². The van der Waals surface area contributed by atoms with Crippen molar-refractivity contribution in [1.29, 1.82) is 0 Å². The van der Waals surface area contributed by atoms with Crippen molar-refractivity contribution < 1.29 is 14.3 Å². The normalized spacial score (nSPS) is 18.7. The van der Waals surface area contributed by atoms with E-state index in [1.54, 1.807) is 24.3 Å². The minimum Gasteiger partial charge on any atom is -0.375 e. The molecule has 17 heavy (non-hydrogen) atoms. The van der Waals surface area contributed by atoms with Crippen molar-refractivity contribution in [3.05, 3.63) is 30.3 Å². The smallest absolute Gasteiger partial charge is 0.375 e.